The maximum Gasteiger partial charge on any atom is 0.416 e. The Balaban J connectivity index is 1.13. The summed E-state index contributed by atoms with van der Waals surface area (Å²) in [7, 11) is 0. The maximum atomic E-state index is 12.8. The predicted molar refractivity (Wildman–Crippen MR) is 135 cm³/mol. The van der Waals surface area contributed by atoms with Gasteiger partial charge < -0.3 is 19.4 Å². The Hall–Kier alpha value is -4.00. The van der Waals surface area contributed by atoms with Crippen molar-refractivity contribution in [1.82, 2.24) is 9.97 Å². The van der Waals surface area contributed by atoms with Crippen molar-refractivity contribution >= 4 is 17.2 Å². The second kappa shape index (κ2) is 10.5. The first kappa shape index (κ1) is 24.7. The second-order valence-electron chi connectivity index (χ2n) is 9.20. The number of nitrogens with zero attached hydrogens (tertiary/aromatic N) is 6. The van der Waals surface area contributed by atoms with E-state index in [1.54, 1.807) is 0 Å². The van der Waals surface area contributed by atoms with Crippen molar-refractivity contribution in [3.05, 3.63) is 72.1 Å². The van der Waals surface area contributed by atoms with E-state index in [0.717, 1.165) is 55.3 Å². The van der Waals surface area contributed by atoms with E-state index in [9.17, 15) is 13.2 Å². The van der Waals surface area contributed by atoms with Gasteiger partial charge in [-0.3, -0.25) is 0 Å². The van der Waals surface area contributed by atoms with E-state index < -0.39 is 11.7 Å². The van der Waals surface area contributed by atoms with Crippen LogP contribution in [0, 0.1) is 11.3 Å². The van der Waals surface area contributed by atoms with Gasteiger partial charge in [-0.05, 0) is 48.5 Å². The van der Waals surface area contributed by atoms with E-state index in [4.69, 9.17) is 10.00 Å². The SMILES string of the molecule is N#Cc1ccc(N2CCC(Oc3cc(N4CCN(c5ccc(C(F)(F)F)cc5)CC4)ncn3)CC2)cc1. The molecule has 0 spiro atoms. The topological polar surface area (TPSA) is 68.5 Å². The summed E-state index contributed by atoms with van der Waals surface area (Å²) in [6.07, 6.45) is -1.02. The lowest BCUT2D eigenvalue weighted by Gasteiger charge is -2.37. The molecule has 0 bridgehead atoms. The zero-order chi connectivity index (χ0) is 25.8. The first-order chi connectivity index (χ1) is 17.9. The number of ether oxygens (including phenoxy) is 1. The van der Waals surface area contributed by atoms with Gasteiger partial charge in [0.1, 0.15) is 18.2 Å². The lowest BCUT2D eigenvalue weighted by atomic mass is 10.1. The molecule has 7 nitrogen and oxygen atoms in total. The highest BCUT2D eigenvalue weighted by Gasteiger charge is 2.30. The van der Waals surface area contributed by atoms with Crippen LogP contribution in [0.15, 0.2) is 60.9 Å². The van der Waals surface area contributed by atoms with Crippen LogP contribution in [-0.4, -0.2) is 55.3 Å². The molecule has 3 aromatic rings. The molecule has 0 saturated carbocycles. The van der Waals surface area contributed by atoms with Crippen LogP contribution in [0.2, 0.25) is 0 Å². The van der Waals surface area contributed by atoms with Crippen molar-refractivity contribution in [2.75, 3.05) is 54.0 Å². The molecular weight excluding hydrogens is 481 g/mol. The summed E-state index contributed by atoms with van der Waals surface area (Å²) >= 11 is 0. The normalized spacial score (nSPS) is 17.0. The summed E-state index contributed by atoms with van der Waals surface area (Å²) in [5, 5.41) is 8.98. The highest BCUT2D eigenvalue weighted by molar-refractivity contribution is 5.52. The number of aromatic nitrogens is 2. The Morgan fingerprint density at radius 2 is 1.35 bits per heavy atom. The van der Waals surface area contributed by atoms with Crippen LogP contribution in [0.4, 0.5) is 30.4 Å². The van der Waals surface area contributed by atoms with Crippen LogP contribution in [0.5, 0.6) is 5.88 Å². The average Bonchev–Trinajstić information content (AvgIpc) is 2.93. The molecule has 0 atom stereocenters. The van der Waals surface area contributed by atoms with Crippen LogP contribution in [0.25, 0.3) is 0 Å². The number of halogens is 3. The summed E-state index contributed by atoms with van der Waals surface area (Å²) in [4.78, 5) is 15.2. The Kier molecular flexibility index (Phi) is 7.04. The van der Waals surface area contributed by atoms with Crippen molar-refractivity contribution in [2.45, 2.75) is 25.1 Å². The third kappa shape index (κ3) is 5.88. The summed E-state index contributed by atoms with van der Waals surface area (Å²) in [6, 6.07) is 17.0. The fourth-order valence-corrected chi connectivity index (χ4v) is 4.77. The van der Waals surface area contributed by atoms with Gasteiger partial charge in [-0.1, -0.05) is 0 Å². The molecule has 37 heavy (non-hydrogen) atoms. The van der Waals surface area contributed by atoms with Crippen molar-refractivity contribution in [2.24, 2.45) is 0 Å². The Labute approximate surface area is 213 Å². The van der Waals surface area contributed by atoms with Gasteiger partial charge in [-0.15, -0.1) is 0 Å². The third-order valence-electron chi connectivity index (χ3n) is 6.88. The number of anilines is 3. The lowest BCUT2D eigenvalue weighted by Crippen LogP contribution is -2.46. The minimum absolute atomic E-state index is 0.0638. The van der Waals surface area contributed by atoms with Crippen molar-refractivity contribution < 1.29 is 17.9 Å². The minimum Gasteiger partial charge on any atom is -0.474 e. The highest BCUT2D eigenvalue weighted by atomic mass is 19.4. The second-order valence-corrected chi connectivity index (χ2v) is 9.20. The van der Waals surface area contributed by atoms with Gasteiger partial charge in [0.2, 0.25) is 5.88 Å². The number of hydrogen-bond acceptors (Lipinski definition) is 7. The van der Waals surface area contributed by atoms with E-state index in [1.807, 2.05) is 30.3 Å². The monoisotopic (exact) mass is 508 g/mol. The molecule has 1 aromatic heterocycles. The number of rotatable bonds is 5. The lowest BCUT2D eigenvalue weighted by molar-refractivity contribution is -0.137. The van der Waals surface area contributed by atoms with E-state index in [0.29, 0.717) is 37.6 Å². The number of hydrogen-bond donors (Lipinski definition) is 0. The van der Waals surface area contributed by atoms with E-state index >= 15 is 0 Å². The quantitative estimate of drug-likeness (QED) is 0.493. The van der Waals surface area contributed by atoms with Crippen molar-refractivity contribution in [3.63, 3.8) is 0 Å². The molecule has 5 rings (SSSR count). The number of piperazine rings is 1. The molecule has 10 heteroatoms. The highest BCUT2D eigenvalue weighted by Crippen LogP contribution is 2.31. The van der Waals surface area contributed by atoms with Crippen LogP contribution >= 0.6 is 0 Å². The number of nitriles is 1. The molecule has 0 amide bonds. The molecule has 0 radical (unpaired) electrons. The Morgan fingerprint density at radius 1 is 0.784 bits per heavy atom. The van der Waals surface area contributed by atoms with Gasteiger partial charge in [-0.25, -0.2) is 9.97 Å². The summed E-state index contributed by atoms with van der Waals surface area (Å²) in [6.45, 7) is 4.47. The molecule has 2 aromatic carbocycles. The van der Waals surface area contributed by atoms with Crippen LogP contribution in [-0.2, 0) is 6.18 Å². The number of benzene rings is 2. The van der Waals surface area contributed by atoms with Gasteiger partial charge >= 0.3 is 6.18 Å². The fraction of sp³-hybridized carbons (Fsp3) is 0.370. The molecular formula is C27H27F3N6O. The Morgan fingerprint density at radius 3 is 1.95 bits per heavy atom. The van der Waals surface area contributed by atoms with Gasteiger partial charge in [0.25, 0.3) is 0 Å². The van der Waals surface area contributed by atoms with Crippen LogP contribution in [0.1, 0.15) is 24.0 Å². The predicted octanol–water partition coefficient (Wildman–Crippen LogP) is 4.74. The smallest absolute Gasteiger partial charge is 0.416 e. The van der Waals surface area contributed by atoms with Crippen LogP contribution in [0.3, 0.4) is 0 Å². The van der Waals surface area contributed by atoms with Gasteiger partial charge in [0.05, 0.1) is 17.2 Å². The molecule has 0 unspecified atom stereocenters. The minimum atomic E-state index is -4.33. The standard InChI is InChI=1S/C27H27F3N6O/c28-27(29,30)21-3-7-23(8-4-21)35-13-15-36(16-14-35)25-17-26(33-19-32-25)37-24-9-11-34(12-10-24)22-5-1-20(18-31)2-6-22/h1-8,17,19,24H,9-16H2. The number of alkyl halides is 3. The molecule has 192 valence electrons. The molecule has 2 aliphatic heterocycles. The van der Waals surface area contributed by atoms with Crippen molar-refractivity contribution in [1.29, 1.82) is 5.26 Å². The van der Waals surface area contributed by atoms with Gasteiger partial charge in [-0.2, -0.15) is 18.4 Å². The zero-order valence-electron chi connectivity index (χ0n) is 20.2. The molecule has 2 saturated heterocycles. The number of piperidine rings is 1. The fourth-order valence-electron chi connectivity index (χ4n) is 4.77. The Bertz CT molecular complexity index is 1230. The largest absolute Gasteiger partial charge is 0.474 e. The molecule has 3 heterocycles. The van der Waals surface area contributed by atoms with E-state index in [1.165, 1.54) is 18.5 Å². The first-order valence-electron chi connectivity index (χ1n) is 12.3. The summed E-state index contributed by atoms with van der Waals surface area (Å²) < 4.78 is 44.7. The zero-order valence-corrected chi connectivity index (χ0v) is 20.2. The molecule has 2 fully saturated rings. The van der Waals surface area contributed by atoms with E-state index in [2.05, 4.69) is 30.7 Å². The van der Waals surface area contributed by atoms with E-state index in [-0.39, 0.29) is 6.10 Å². The molecule has 2 aliphatic rings. The maximum absolute atomic E-state index is 12.8. The van der Waals surface area contributed by atoms with Crippen LogP contribution < -0.4 is 19.4 Å². The molecule has 0 aliphatic carbocycles. The van der Waals surface area contributed by atoms with Gasteiger partial charge in [0, 0.05) is 69.6 Å². The average molecular weight is 509 g/mol. The molecule has 0 N–H and O–H groups in total. The summed E-state index contributed by atoms with van der Waals surface area (Å²) in [5.41, 5.74) is 1.91. The van der Waals surface area contributed by atoms with Gasteiger partial charge in [0.15, 0.2) is 0 Å². The third-order valence-corrected chi connectivity index (χ3v) is 6.88. The first-order valence-corrected chi connectivity index (χ1v) is 12.3. The van der Waals surface area contributed by atoms with Crippen molar-refractivity contribution in [3.8, 4) is 11.9 Å². The summed E-state index contributed by atoms with van der Waals surface area (Å²) in [5.74, 6) is 1.33.